The molecule has 0 spiro atoms. The van der Waals surface area contributed by atoms with Crippen LogP contribution < -0.4 is 16.8 Å². The Bertz CT molecular complexity index is 198. The first-order valence-electron chi connectivity index (χ1n) is 4.99. The molecule has 0 radical (unpaired) electrons. The topological polar surface area (TPSA) is 90.4 Å². The van der Waals surface area contributed by atoms with Crippen LogP contribution in [0.3, 0.4) is 0 Å². The van der Waals surface area contributed by atoms with Crippen LogP contribution in [-0.2, 0) is 9.53 Å². The van der Waals surface area contributed by atoms with Gasteiger partial charge in [0.1, 0.15) is 0 Å². The van der Waals surface area contributed by atoms with Crippen molar-refractivity contribution in [3.05, 3.63) is 0 Å². The second-order valence-electron chi connectivity index (χ2n) is 3.82. The number of carbonyl (C=O) groups is 1. The van der Waals surface area contributed by atoms with Crippen LogP contribution in [0, 0.1) is 0 Å². The zero-order valence-corrected chi connectivity index (χ0v) is 8.53. The molecule has 0 bridgehead atoms. The zero-order chi connectivity index (χ0) is 10.6. The molecule has 1 aliphatic heterocycles. The molecule has 1 heterocycles. The van der Waals surface area contributed by atoms with E-state index in [2.05, 4.69) is 5.32 Å². The summed E-state index contributed by atoms with van der Waals surface area (Å²) in [6.07, 6.45) is 2.22. The maximum atomic E-state index is 10.7. The summed E-state index contributed by atoms with van der Waals surface area (Å²) in [4.78, 5) is 10.7. The summed E-state index contributed by atoms with van der Waals surface area (Å²) in [6.45, 7) is 3.26. The number of hydrogen-bond acceptors (Lipinski definition) is 4. The lowest BCUT2D eigenvalue weighted by Crippen LogP contribution is -2.48. The van der Waals surface area contributed by atoms with Crippen molar-refractivity contribution < 1.29 is 9.53 Å². The second kappa shape index (κ2) is 5.29. The lowest BCUT2D eigenvalue weighted by Gasteiger charge is -2.28. The summed E-state index contributed by atoms with van der Waals surface area (Å²) in [5.74, 6) is -0.461. The highest BCUT2D eigenvalue weighted by molar-refractivity contribution is 5.79. The van der Waals surface area contributed by atoms with Crippen molar-refractivity contribution in [2.24, 2.45) is 11.5 Å². The fourth-order valence-corrected chi connectivity index (χ4v) is 1.58. The first kappa shape index (κ1) is 11.4. The summed E-state index contributed by atoms with van der Waals surface area (Å²) >= 11 is 0. The van der Waals surface area contributed by atoms with E-state index in [-0.39, 0.29) is 6.10 Å². The van der Waals surface area contributed by atoms with E-state index in [1.807, 2.05) is 6.92 Å². The van der Waals surface area contributed by atoms with E-state index in [9.17, 15) is 4.79 Å². The molecule has 5 heteroatoms. The van der Waals surface area contributed by atoms with Gasteiger partial charge in [0, 0.05) is 19.2 Å². The van der Waals surface area contributed by atoms with Gasteiger partial charge in [0.05, 0.1) is 12.1 Å². The van der Waals surface area contributed by atoms with Crippen molar-refractivity contribution in [2.45, 2.75) is 38.0 Å². The van der Waals surface area contributed by atoms with Gasteiger partial charge in [-0.05, 0) is 19.8 Å². The minimum Gasteiger partial charge on any atom is -0.378 e. The lowest BCUT2D eigenvalue weighted by atomic mass is 10.0. The Morgan fingerprint density at radius 3 is 3.00 bits per heavy atom. The molecule has 3 unspecified atom stereocenters. The molecule has 1 fully saturated rings. The number of ether oxygens (including phenoxy) is 1. The average Bonchev–Trinajstić information content (AvgIpc) is 2.14. The van der Waals surface area contributed by atoms with Gasteiger partial charge in [-0.25, -0.2) is 0 Å². The van der Waals surface area contributed by atoms with Gasteiger partial charge in [-0.2, -0.15) is 0 Å². The van der Waals surface area contributed by atoms with E-state index in [0.29, 0.717) is 12.6 Å². The molecule has 1 rings (SSSR count). The third-order valence-corrected chi connectivity index (χ3v) is 2.48. The minimum atomic E-state index is -0.590. The van der Waals surface area contributed by atoms with Crippen LogP contribution in [0.5, 0.6) is 0 Å². The Labute approximate surface area is 84.2 Å². The van der Waals surface area contributed by atoms with Crippen LogP contribution >= 0.6 is 0 Å². The van der Waals surface area contributed by atoms with Crippen LogP contribution in [0.2, 0.25) is 0 Å². The van der Waals surface area contributed by atoms with E-state index in [1.54, 1.807) is 0 Å². The maximum Gasteiger partial charge on any atom is 0.235 e. The number of hydrogen-bond donors (Lipinski definition) is 3. The van der Waals surface area contributed by atoms with Gasteiger partial charge in [-0.3, -0.25) is 4.79 Å². The van der Waals surface area contributed by atoms with Crippen LogP contribution in [0.15, 0.2) is 0 Å². The van der Waals surface area contributed by atoms with E-state index in [4.69, 9.17) is 16.2 Å². The van der Waals surface area contributed by atoms with Gasteiger partial charge in [0.2, 0.25) is 5.91 Å². The summed E-state index contributed by atoms with van der Waals surface area (Å²) < 4.78 is 5.40. The SMILES string of the molecule is CC1CC(NCC(N)C(N)=O)CCO1. The van der Waals surface area contributed by atoms with Gasteiger partial charge in [-0.1, -0.05) is 0 Å². The van der Waals surface area contributed by atoms with E-state index in [0.717, 1.165) is 19.4 Å². The summed E-state index contributed by atoms with van der Waals surface area (Å²) in [7, 11) is 0. The molecule has 5 N–H and O–H groups in total. The van der Waals surface area contributed by atoms with Gasteiger partial charge in [-0.15, -0.1) is 0 Å². The van der Waals surface area contributed by atoms with Crippen LogP contribution in [-0.4, -0.2) is 37.2 Å². The summed E-state index contributed by atoms with van der Waals surface area (Å²) in [6, 6.07) is -0.197. The van der Waals surface area contributed by atoms with Gasteiger partial charge >= 0.3 is 0 Å². The Kier molecular flexibility index (Phi) is 4.31. The van der Waals surface area contributed by atoms with Crippen molar-refractivity contribution in [1.82, 2.24) is 5.32 Å². The molecular formula is C9H19N3O2. The number of carbonyl (C=O) groups excluding carboxylic acids is 1. The molecule has 5 nitrogen and oxygen atoms in total. The molecule has 0 saturated carbocycles. The summed E-state index contributed by atoms with van der Waals surface area (Å²) in [5.41, 5.74) is 10.6. The predicted molar refractivity (Wildman–Crippen MR) is 53.6 cm³/mol. The van der Waals surface area contributed by atoms with Gasteiger partial charge < -0.3 is 21.5 Å². The van der Waals surface area contributed by atoms with Crippen molar-refractivity contribution in [3.63, 3.8) is 0 Å². The standard InChI is InChI=1S/C9H19N3O2/c1-6-4-7(2-3-14-6)12-5-8(10)9(11)13/h6-8,12H,2-5,10H2,1H3,(H2,11,13). The van der Waals surface area contributed by atoms with E-state index >= 15 is 0 Å². The molecule has 1 saturated heterocycles. The van der Waals surface area contributed by atoms with E-state index in [1.165, 1.54) is 0 Å². The Hall–Kier alpha value is -0.650. The zero-order valence-electron chi connectivity index (χ0n) is 8.53. The quantitative estimate of drug-likeness (QED) is 0.541. The van der Waals surface area contributed by atoms with Crippen molar-refractivity contribution in [2.75, 3.05) is 13.2 Å². The molecule has 0 aromatic carbocycles. The molecular weight excluding hydrogens is 182 g/mol. The van der Waals surface area contributed by atoms with Crippen LogP contribution in [0.25, 0.3) is 0 Å². The first-order valence-corrected chi connectivity index (χ1v) is 4.99. The summed E-state index contributed by atoms with van der Waals surface area (Å²) in [5, 5.41) is 3.23. The largest absolute Gasteiger partial charge is 0.378 e. The number of rotatable bonds is 4. The Balaban J connectivity index is 2.20. The molecule has 0 aromatic heterocycles. The predicted octanol–water partition coefficient (Wildman–Crippen LogP) is -1.04. The third kappa shape index (κ3) is 3.61. The van der Waals surface area contributed by atoms with Crippen molar-refractivity contribution in [1.29, 1.82) is 0 Å². The third-order valence-electron chi connectivity index (χ3n) is 2.48. The van der Waals surface area contributed by atoms with Gasteiger partial charge in [0.25, 0.3) is 0 Å². The highest BCUT2D eigenvalue weighted by Crippen LogP contribution is 2.12. The fourth-order valence-electron chi connectivity index (χ4n) is 1.58. The molecule has 3 atom stereocenters. The van der Waals surface area contributed by atoms with Crippen LogP contribution in [0.4, 0.5) is 0 Å². The smallest absolute Gasteiger partial charge is 0.235 e. The minimum absolute atomic E-state index is 0.283. The van der Waals surface area contributed by atoms with Crippen molar-refractivity contribution >= 4 is 5.91 Å². The normalized spacial score (nSPS) is 29.9. The second-order valence-corrected chi connectivity index (χ2v) is 3.82. The average molecular weight is 201 g/mol. The highest BCUT2D eigenvalue weighted by Gasteiger charge is 2.20. The van der Waals surface area contributed by atoms with Gasteiger partial charge in [0.15, 0.2) is 0 Å². The highest BCUT2D eigenvalue weighted by atomic mass is 16.5. The first-order chi connectivity index (χ1) is 6.59. The number of nitrogens with one attached hydrogen (secondary N) is 1. The number of amides is 1. The number of nitrogens with two attached hydrogens (primary N) is 2. The van der Waals surface area contributed by atoms with Crippen molar-refractivity contribution in [3.8, 4) is 0 Å². The lowest BCUT2D eigenvalue weighted by molar-refractivity contribution is -0.119. The number of primary amides is 1. The fraction of sp³-hybridized carbons (Fsp3) is 0.889. The monoisotopic (exact) mass is 201 g/mol. The molecule has 0 aromatic rings. The molecule has 1 amide bonds. The molecule has 82 valence electrons. The van der Waals surface area contributed by atoms with Crippen LogP contribution in [0.1, 0.15) is 19.8 Å². The molecule has 1 aliphatic rings. The van der Waals surface area contributed by atoms with E-state index < -0.39 is 11.9 Å². The molecule has 14 heavy (non-hydrogen) atoms. The molecule has 0 aliphatic carbocycles. The Morgan fingerprint density at radius 1 is 1.71 bits per heavy atom. The maximum absolute atomic E-state index is 10.7. The Morgan fingerprint density at radius 2 is 2.43 bits per heavy atom.